The van der Waals surface area contributed by atoms with Gasteiger partial charge in [0.1, 0.15) is 24.2 Å². The molecule has 0 aliphatic carbocycles. The fourth-order valence-corrected chi connectivity index (χ4v) is 3.91. The minimum absolute atomic E-state index is 0.00823. The number of guanidine groups is 1. The van der Waals surface area contributed by atoms with E-state index in [0.29, 0.717) is 0 Å². The molecule has 1 heterocycles. The number of rotatable bonds is 9. The van der Waals surface area contributed by atoms with Crippen molar-refractivity contribution in [1.82, 2.24) is 26.6 Å². The van der Waals surface area contributed by atoms with Gasteiger partial charge in [-0.15, -0.1) is 0 Å². The molecular formula is C25H34N8O9. The number of amides is 5. The monoisotopic (exact) mass is 590 g/mol. The van der Waals surface area contributed by atoms with Crippen molar-refractivity contribution in [3.05, 3.63) is 35.9 Å². The van der Waals surface area contributed by atoms with Crippen molar-refractivity contribution in [3.63, 3.8) is 0 Å². The summed E-state index contributed by atoms with van der Waals surface area (Å²) in [4.78, 5) is 91.6. The summed E-state index contributed by atoms with van der Waals surface area (Å²) in [6.07, 6.45) is -1.45. The number of nitrogens with zero attached hydrogens (tertiary/aromatic N) is 1. The Morgan fingerprint density at radius 2 is 1.48 bits per heavy atom. The van der Waals surface area contributed by atoms with Crippen molar-refractivity contribution < 1.29 is 43.8 Å². The smallest absolute Gasteiger partial charge is 0.326 e. The van der Waals surface area contributed by atoms with Crippen LogP contribution in [0.4, 0.5) is 0 Å². The standard InChI is InChI=1S/C25H34N8O9/c26-25(27)28-10-4-7-14-21(38)31-15(8-9-19(36)37)22(39)33-20(13-5-2-1-3-6-13)23(40)32-16(24(41)42)11-17(34)29-12-18(35)30-14/h1-3,5-6,14-16,20H,4,7-12H2,(H,29,34)(H,30,35)(H,31,38)(H,32,40)(H,33,39)(H,36,37)(H,41,42)(H4,26,27,28)/t14-,15+,16-,20+/m0/s1. The molecule has 11 N–H and O–H groups in total. The summed E-state index contributed by atoms with van der Waals surface area (Å²) in [5.74, 6) is -7.47. The Morgan fingerprint density at radius 1 is 0.833 bits per heavy atom. The van der Waals surface area contributed by atoms with E-state index in [-0.39, 0.29) is 37.3 Å². The molecule has 0 unspecified atom stereocenters. The van der Waals surface area contributed by atoms with Crippen LogP contribution in [0.15, 0.2) is 35.3 Å². The lowest BCUT2D eigenvalue weighted by Crippen LogP contribution is -2.57. The highest BCUT2D eigenvalue weighted by atomic mass is 16.4. The molecule has 1 aromatic rings. The lowest BCUT2D eigenvalue weighted by atomic mass is 10.0. The summed E-state index contributed by atoms with van der Waals surface area (Å²) in [6, 6.07) is 1.82. The van der Waals surface area contributed by atoms with Crippen molar-refractivity contribution in [1.29, 1.82) is 0 Å². The van der Waals surface area contributed by atoms with E-state index in [1.54, 1.807) is 18.2 Å². The van der Waals surface area contributed by atoms with Gasteiger partial charge in [-0.1, -0.05) is 30.3 Å². The number of carbonyl (C=O) groups excluding carboxylic acids is 5. The van der Waals surface area contributed by atoms with E-state index in [9.17, 15) is 43.8 Å². The summed E-state index contributed by atoms with van der Waals surface area (Å²) in [5, 5.41) is 30.5. The number of carbonyl (C=O) groups is 7. The highest BCUT2D eigenvalue weighted by molar-refractivity contribution is 5.97. The molecule has 0 saturated carbocycles. The quantitative estimate of drug-likeness (QED) is 0.0785. The van der Waals surface area contributed by atoms with Gasteiger partial charge < -0.3 is 48.3 Å². The van der Waals surface area contributed by atoms with Crippen molar-refractivity contribution in [3.8, 4) is 0 Å². The second kappa shape index (κ2) is 16.1. The Kier molecular flexibility index (Phi) is 12.7. The molecule has 0 spiro atoms. The number of carboxylic acid groups (broad SMARTS) is 2. The van der Waals surface area contributed by atoms with E-state index in [1.165, 1.54) is 12.1 Å². The molecule has 2 rings (SSSR count). The minimum atomic E-state index is -1.72. The van der Waals surface area contributed by atoms with Gasteiger partial charge in [0.25, 0.3) is 0 Å². The average Bonchev–Trinajstić information content (AvgIpc) is 2.93. The molecule has 0 bridgehead atoms. The molecule has 1 saturated heterocycles. The summed E-state index contributed by atoms with van der Waals surface area (Å²) in [5.41, 5.74) is 10.9. The maximum atomic E-state index is 13.4. The first kappa shape index (κ1) is 33.0. The number of hydrogen-bond donors (Lipinski definition) is 9. The highest BCUT2D eigenvalue weighted by Crippen LogP contribution is 2.15. The number of carboxylic acids is 2. The third kappa shape index (κ3) is 11.1. The number of benzene rings is 1. The zero-order chi connectivity index (χ0) is 31.2. The number of aliphatic carboxylic acids is 2. The van der Waals surface area contributed by atoms with Crippen molar-refractivity contribution in [2.45, 2.75) is 56.3 Å². The Bertz CT molecular complexity index is 1200. The molecule has 42 heavy (non-hydrogen) atoms. The number of nitrogens with two attached hydrogens (primary N) is 2. The van der Waals surface area contributed by atoms with Gasteiger partial charge in [0.2, 0.25) is 29.5 Å². The maximum absolute atomic E-state index is 13.4. The van der Waals surface area contributed by atoms with Gasteiger partial charge >= 0.3 is 11.9 Å². The summed E-state index contributed by atoms with van der Waals surface area (Å²) in [7, 11) is 0. The van der Waals surface area contributed by atoms with E-state index in [4.69, 9.17) is 11.5 Å². The largest absolute Gasteiger partial charge is 0.481 e. The van der Waals surface area contributed by atoms with Crippen LogP contribution >= 0.6 is 0 Å². The lowest BCUT2D eigenvalue weighted by molar-refractivity contribution is -0.144. The fourth-order valence-electron chi connectivity index (χ4n) is 3.91. The van der Waals surface area contributed by atoms with E-state index in [2.05, 4.69) is 31.6 Å². The second-order valence-corrected chi connectivity index (χ2v) is 9.30. The second-order valence-electron chi connectivity index (χ2n) is 9.30. The normalized spacial score (nSPS) is 22.4. The van der Waals surface area contributed by atoms with Crippen LogP contribution in [-0.4, -0.2) is 88.9 Å². The van der Waals surface area contributed by atoms with Gasteiger partial charge in [0, 0.05) is 13.0 Å². The van der Waals surface area contributed by atoms with Crippen molar-refractivity contribution >= 4 is 47.4 Å². The summed E-state index contributed by atoms with van der Waals surface area (Å²) >= 11 is 0. The molecule has 1 aromatic carbocycles. The molecule has 4 atom stereocenters. The molecule has 0 aromatic heterocycles. The third-order valence-corrected chi connectivity index (χ3v) is 6.01. The topological polar surface area (TPSA) is 284 Å². The van der Waals surface area contributed by atoms with Crippen LogP contribution in [0, 0.1) is 0 Å². The number of hydrogen-bond acceptors (Lipinski definition) is 8. The molecule has 1 aliphatic heterocycles. The van der Waals surface area contributed by atoms with Crippen LogP contribution in [0.25, 0.3) is 0 Å². The van der Waals surface area contributed by atoms with Crippen LogP contribution in [0.3, 0.4) is 0 Å². The molecule has 17 nitrogen and oxygen atoms in total. The van der Waals surface area contributed by atoms with Crippen LogP contribution in [0.2, 0.25) is 0 Å². The predicted octanol–water partition coefficient (Wildman–Crippen LogP) is -3.18. The van der Waals surface area contributed by atoms with Crippen LogP contribution in [-0.2, 0) is 33.6 Å². The SMILES string of the molecule is NC(N)=NCCC[C@@H]1NC(=O)CNC(=O)C[C@@H](C(=O)O)NC(=O)[C@@H](c2ccccc2)NC(=O)[C@@H](CCC(=O)O)NC1=O. The minimum Gasteiger partial charge on any atom is -0.481 e. The van der Waals surface area contributed by atoms with E-state index in [1.807, 2.05) is 0 Å². The van der Waals surface area contributed by atoms with Gasteiger partial charge in [-0.05, 0) is 24.8 Å². The molecule has 1 fully saturated rings. The zero-order valence-corrected chi connectivity index (χ0v) is 22.5. The maximum Gasteiger partial charge on any atom is 0.326 e. The lowest BCUT2D eigenvalue weighted by Gasteiger charge is -2.26. The van der Waals surface area contributed by atoms with Gasteiger partial charge in [-0.3, -0.25) is 33.8 Å². The van der Waals surface area contributed by atoms with Gasteiger partial charge in [-0.2, -0.15) is 0 Å². The zero-order valence-electron chi connectivity index (χ0n) is 22.5. The van der Waals surface area contributed by atoms with Gasteiger partial charge in [0.05, 0.1) is 13.0 Å². The molecule has 0 radical (unpaired) electrons. The van der Waals surface area contributed by atoms with Crippen LogP contribution < -0.4 is 38.1 Å². The summed E-state index contributed by atoms with van der Waals surface area (Å²) < 4.78 is 0. The van der Waals surface area contributed by atoms with Crippen molar-refractivity contribution in [2.24, 2.45) is 16.5 Å². The molecule has 228 valence electrons. The van der Waals surface area contributed by atoms with Crippen LogP contribution in [0.5, 0.6) is 0 Å². The van der Waals surface area contributed by atoms with E-state index < -0.39 is 85.0 Å². The Hall–Kier alpha value is -5.22. The fraction of sp³-hybridized carbons (Fsp3) is 0.440. The average molecular weight is 591 g/mol. The van der Waals surface area contributed by atoms with Gasteiger partial charge in [0.15, 0.2) is 5.96 Å². The molecule has 17 heteroatoms. The van der Waals surface area contributed by atoms with E-state index in [0.717, 1.165) is 0 Å². The Morgan fingerprint density at radius 3 is 2.10 bits per heavy atom. The number of nitrogens with one attached hydrogen (secondary N) is 5. The van der Waals surface area contributed by atoms with E-state index >= 15 is 0 Å². The van der Waals surface area contributed by atoms with Gasteiger partial charge in [-0.25, -0.2) is 4.79 Å². The Labute approximate surface area is 239 Å². The number of aliphatic imine (C=N–C) groups is 1. The highest BCUT2D eigenvalue weighted by Gasteiger charge is 2.33. The first-order chi connectivity index (χ1) is 19.9. The molecular weight excluding hydrogens is 556 g/mol. The predicted molar refractivity (Wildman–Crippen MR) is 145 cm³/mol. The summed E-state index contributed by atoms with van der Waals surface area (Å²) in [6.45, 7) is -0.529. The van der Waals surface area contributed by atoms with Crippen molar-refractivity contribution in [2.75, 3.05) is 13.1 Å². The third-order valence-electron chi connectivity index (χ3n) is 6.01. The first-order valence-electron chi connectivity index (χ1n) is 12.9. The first-order valence-corrected chi connectivity index (χ1v) is 12.9. The van der Waals surface area contributed by atoms with Crippen LogP contribution in [0.1, 0.15) is 43.7 Å². The molecule has 1 aliphatic rings. The molecule has 5 amide bonds. The Balaban J connectivity index is 2.46.